The molecule has 1 N–H and O–H groups in total. The minimum atomic E-state index is -0.146. The summed E-state index contributed by atoms with van der Waals surface area (Å²) in [5, 5.41) is 3.27. The lowest BCUT2D eigenvalue weighted by atomic mass is 10.0. The van der Waals surface area contributed by atoms with Gasteiger partial charge in [-0.3, -0.25) is 9.59 Å². The number of halogens is 1. The van der Waals surface area contributed by atoms with E-state index in [1.807, 2.05) is 61.5 Å². The van der Waals surface area contributed by atoms with Crippen molar-refractivity contribution in [1.29, 1.82) is 0 Å². The summed E-state index contributed by atoms with van der Waals surface area (Å²) in [7, 11) is 0. The SMILES string of the molecule is CC(=O)NC(C)c1ccc(C(=O)COc2ccc(-c3ccccc3)cc2Cl)cc1. The zero-order chi connectivity index (χ0) is 20.8. The van der Waals surface area contributed by atoms with E-state index in [0.29, 0.717) is 16.3 Å². The van der Waals surface area contributed by atoms with Crippen molar-refractivity contribution in [2.75, 3.05) is 6.61 Å². The summed E-state index contributed by atoms with van der Waals surface area (Å²) < 4.78 is 5.64. The monoisotopic (exact) mass is 407 g/mol. The van der Waals surface area contributed by atoms with Crippen LogP contribution in [0.25, 0.3) is 11.1 Å². The third-order valence-corrected chi connectivity index (χ3v) is 4.85. The number of carbonyl (C=O) groups excluding carboxylic acids is 2. The van der Waals surface area contributed by atoms with Gasteiger partial charge in [-0.25, -0.2) is 0 Å². The van der Waals surface area contributed by atoms with E-state index in [1.54, 1.807) is 18.2 Å². The molecule has 3 rings (SSSR count). The predicted octanol–water partition coefficient (Wildman–Crippen LogP) is 5.47. The molecular formula is C24H22ClNO3. The Morgan fingerprint density at radius 3 is 2.28 bits per heavy atom. The Bertz CT molecular complexity index is 1000. The van der Waals surface area contributed by atoms with E-state index >= 15 is 0 Å². The van der Waals surface area contributed by atoms with Crippen LogP contribution in [0.4, 0.5) is 0 Å². The maximum atomic E-state index is 12.4. The first-order chi connectivity index (χ1) is 13.9. The lowest BCUT2D eigenvalue weighted by Crippen LogP contribution is -2.23. The summed E-state index contributed by atoms with van der Waals surface area (Å²) in [5.41, 5.74) is 3.52. The van der Waals surface area contributed by atoms with Crippen molar-refractivity contribution in [3.05, 3.63) is 88.9 Å². The number of carbonyl (C=O) groups is 2. The second-order valence-corrected chi connectivity index (χ2v) is 7.17. The van der Waals surface area contributed by atoms with Gasteiger partial charge in [-0.2, -0.15) is 0 Å². The topological polar surface area (TPSA) is 55.4 Å². The fraction of sp³-hybridized carbons (Fsp3) is 0.167. The van der Waals surface area contributed by atoms with Crippen molar-refractivity contribution in [1.82, 2.24) is 5.32 Å². The molecule has 1 amide bonds. The van der Waals surface area contributed by atoms with E-state index in [-0.39, 0.29) is 24.3 Å². The van der Waals surface area contributed by atoms with Crippen LogP contribution >= 0.6 is 11.6 Å². The van der Waals surface area contributed by atoms with E-state index in [1.165, 1.54) is 6.92 Å². The second kappa shape index (κ2) is 9.39. The summed E-state index contributed by atoms with van der Waals surface area (Å²) in [4.78, 5) is 23.6. The molecule has 1 atom stereocenters. The summed E-state index contributed by atoms with van der Waals surface area (Å²) in [6.07, 6.45) is 0. The molecule has 0 fully saturated rings. The van der Waals surface area contributed by atoms with Gasteiger partial charge in [0.25, 0.3) is 0 Å². The Morgan fingerprint density at radius 2 is 1.66 bits per heavy atom. The van der Waals surface area contributed by atoms with Crippen LogP contribution in [0, 0.1) is 0 Å². The molecule has 5 heteroatoms. The quantitative estimate of drug-likeness (QED) is 0.528. The van der Waals surface area contributed by atoms with Gasteiger partial charge in [0.1, 0.15) is 5.75 Å². The van der Waals surface area contributed by atoms with Crippen LogP contribution in [0.5, 0.6) is 5.75 Å². The van der Waals surface area contributed by atoms with Crippen LogP contribution < -0.4 is 10.1 Å². The highest BCUT2D eigenvalue weighted by molar-refractivity contribution is 6.32. The van der Waals surface area contributed by atoms with E-state index in [2.05, 4.69) is 5.32 Å². The highest BCUT2D eigenvalue weighted by Crippen LogP contribution is 2.30. The third kappa shape index (κ3) is 5.46. The Morgan fingerprint density at radius 1 is 0.966 bits per heavy atom. The van der Waals surface area contributed by atoms with Crippen molar-refractivity contribution < 1.29 is 14.3 Å². The molecule has 29 heavy (non-hydrogen) atoms. The van der Waals surface area contributed by atoms with Crippen LogP contribution in [0.2, 0.25) is 5.02 Å². The highest BCUT2D eigenvalue weighted by atomic mass is 35.5. The Hall–Kier alpha value is -3.11. The zero-order valence-corrected chi connectivity index (χ0v) is 17.1. The molecule has 0 saturated heterocycles. The van der Waals surface area contributed by atoms with Crippen molar-refractivity contribution >= 4 is 23.3 Å². The molecule has 0 aliphatic heterocycles. The minimum Gasteiger partial charge on any atom is -0.484 e. The minimum absolute atomic E-state index is 0.0961. The van der Waals surface area contributed by atoms with Gasteiger partial charge in [0.2, 0.25) is 5.91 Å². The van der Waals surface area contributed by atoms with Crippen LogP contribution in [-0.2, 0) is 4.79 Å². The van der Waals surface area contributed by atoms with Gasteiger partial charge in [0.15, 0.2) is 12.4 Å². The first kappa shape index (κ1) is 20.6. The molecular weight excluding hydrogens is 386 g/mol. The highest BCUT2D eigenvalue weighted by Gasteiger charge is 2.12. The van der Waals surface area contributed by atoms with Gasteiger partial charge in [-0.05, 0) is 35.7 Å². The van der Waals surface area contributed by atoms with E-state index in [0.717, 1.165) is 16.7 Å². The number of hydrogen-bond donors (Lipinski definition) is 1. The molecule has 0 heterocycles. The fourth-order valence-corrected chi connectivity index (χ4v) is 3.24. The summed E-state index contributed by atoms with van der Waals surface area (Å²) in [6.45, 7) is 3.26. The zero-order valence-electron chi connectivity index (χ0n) is 16.3. The largest absolute Gasteiger partial charge is 0.484 e. The van der Waals surface area contributed by atoms with Crippen LogP contribution in [0.1, 0.15) is 35.8 Å². The van der Waals surface area contributed by atoms with Gasteiger partial charge in [0, 0.05) is 12.5 Å². The molecule has 0 aromatic heterocycles. The van der Waals surface area contributed by atoms with E-state index in [9.17, 15) is 9.59 Å². The number of rotatable bonds is 7. The molecule has 0 radical (unpaired) electrons. The number of amides is 1. The summed E-state index contributed by atoms with van der Waals surface area (Å²) in [6, 6.07) is 22.4. The Balaban J connectivity index is 1.62. The molecule has 4 nitrogen and oxygen atoms in total. The number of hydrogen-bond acceptors (Lipinski definition) is 3. The van der Waals surface area contributed by atoms with Crippen molar-refractivity contribution in [3.8, 4) is 16.9 Å². The molecule has 0 bridgehead atoms. The molecule has 3 aromatic carbocycles. The lowest BCUT2D eigenvalue weighted by Gasteiger charge is -2.13. The van der Waals surface area contributed by atoms with E-state index in [4.69, 9.17) is 16.3 Å². The van der Waals surface area contributed by atoms with Crippen LogP contribution in [0.15, 0.2) is 72.8 Å². The number of ketones is 1. The van der Waals surface area contributed by atoms with E-state index < -0.39 is 0 Å². The Labute approximate surface area is 175 Å². The number of nitrogens with one attached hydrogen (secondary N) is 1. The predicted molar refractivity (Wildman–Crippen MR) is 115 cm³/mol. The first-order valence-electron chi connectivity index (χ1n) is 9.32. The lowest BCUT2D eigenvalue weighted by molar-refractivity contribution is -0.119. The molecule has 1 unspecified atom stereocenters. The average molecular weight is 408 g/mol. The second-order valence-electron chi connectivity index (χ2n) is 6.77. The molecule has 0 aliphatic carbocycles. The maximum Gasteiger partial charge on any atom is 0.217 e. The average Bonchev–Trinajstić information content (AvgIpc) is 2.73. The molecule has 0 saturated carbocycles. The smallest absolute Gasteiger partial charge is 0.217 e. The molecule has 0 aliphatic rings. The number of Topliss-reactive ketones (excluding diaryl/α,β-unsaturated/α-hetero) is 1. The molecule has 0 spiro atoms. The van der Waals surface area contributed by atoms with Crippen molar-refractivity contribution in [2.24, 2.45) is 0 Å². The van der Waals surface area contributed by atoms with Gasteiger partial charge in [-0.15, -0.1) is 0 Å². The van der Waals surface area contributed by atoms with Crippen molar-refractivity contribution in [3.63, 3.8) is 0 Å². The van der Waals surface area contributed by atoms with Gasteiger partial charge in [-0.1, -0.05) is 72.3 Å². The maximum absolute atomic E-state index is 12.4. The Kier molecular flexibility index (Phi) is 6.68. The molecule has 148 valence electrons. The number of benzene rings is 3. The third-order valence-electron chi connectivity index (χ3n) is 4.55. The first-order valence-corrected chi connectivity index (χ1v) is 9.70. The van der Waals surface area contributed by atoms with Crippen molar-refractivity contribution in [2.45, 2.75) is 19.9 Å². The summed E-state index contributed by atoms with van der Waals surface area (Å²) >= 11 is 6.34. The van der Waals surface area contributed by atoms with Crippen LogP contribution in [-0.4, -0.2) is 18.3 Å². The van der Waals surface area contributed by atoms with Gasteiger partial charge < -0.3 is 10.1 Å². The molecule has 3 aromatic rings. The van der Waals surface area contributed by atoms with Gasteiger partial charge >= 0.3 is 0 Å². The van der Waals surface area contributed by atoms with Crippen LogP contribution in [0.3, 0.4) is 0 Å². The van der Waals surface area contributed by atoms with Gasteiger partial charge in [0.05, 0.1) is 11.1 Å². The number of ether oxygens (including phenoxy) is 1. The fourth-order valence-electron chi connectivity index (χ4n) is 3.00. The standard InChI is InChI=1S/C24H22ClNO3/c1-16(26-17(2)27)18-8-10-20(11-9-18)23(28)15-29-24-13-12-21(14-22(24)25)19-6-4-3-5-7-19/h3-14,16H,15H2,1-2H3,(H,26,27). The summed E-state index contributed by atoms with van der Waals surface area (Å²) in [5.74, 6) is 0.226. The normalized spacial score (nSPS) is 11.6.